The first-order valence-corrected chi connectivity index (χ1v) is 15.9. The Morgan fingerprint density at radius 1 is 0.930 bits per heavy atom. The molecule has 0 aliphatic carbocycles. The molecule has 9 nitrogen and oxygen atoms in total. The highest BCUT2D eigenvalue weighted by Gasteiger charge is 2.34. The molecule has 0 heterocycles. The van der Waals surface area contributed by atoms with E-state index in [4.69, 9.17) is 21.1 Å². The lowest BCUT2D eigenvalue weighted by molar-refractivity contribution is -0.140. The lowest BCUT2D eigenvalue weighted by Gasteiger charge is -2.34. The van der Waals surface area contributed by atoms with Crippen molar-refractivity contribution < 1.29 is 27.5 Å². The van der Waals surface area contributed by atoms with E-state index in [2.05, 4.69) is 5.32 Å². The van der Waals surface area contributed by atoms with E-state index in [1.54, 1.807) is 48.5 Å². The molecule has 0 spiro atoms. The first-order valence-electron chi connectivity index (χ1n) is 14.1. The normalized spacial score (nSPS) is 12.6. The Hall–Kier alpha value is -3.76. The first kappa shape index (κ1) is 33.7. The van der Waals surface area contributed by atoms with Crippen LogP contribution < -0.4 is 19.1 Å². The van der Waals surface area contributed by atoms with Crippen LogP contribution in [0.4, 0.5) is 5.69 Å². The molecule has 3 aromatic carbocycles. The fraction of sp³-hybridized carbons (Fsp3) is 0.375. The minimum Gasteiger partial charge on any atom is -0.493 e. The molecule has 232 valence electrons. The van der Waals surface area contributed by atoms with Crippen LogP contribution in [0.5, 0.6) is 11.5 Å². The maximum Gasteiger partial charge on any atom is 0.264 e. The Kier molecular flexibility index (Phi) is 11.9. The molecule has 3 rings (SSSR count). The number of sulfonamides is 1. The summed E-state index contributed by atoms with van der Waals surface area (Å²) in [6.07, 6.45) is 1.02. The second kappa shape index (κ2) is 15.1. The van der Waals surface area contributed by atoms with Crippen molar-refractivity contribution in [2.75, 3.05) is 25.1 Å². The van der Waals surface area contributed by atoms with Gasteiger partial charge in [-0.25, -0.2) is 8.42 Å². The standard InChI is InChI=1S/C32H40ClN3O6S/c1-7-23(4)34-32(38)28(8-2)35(20-24-11-9-10-12-27(24)33)31(37)21-36(25-15-13-22(3)14-16-25)43(39,40)26-17-18-29(41-5)30(19-26)42-6/h9-19,23,28H,7-8,20-21H2,1-6H3,(H,34,38)/t23-,28-/m1/s1. The van der Waals surface area contributed by atoms with Gasteiger partial charge in [-0.05, 0) is 62.6 Å². The average Bonchev–Trinajstić information content (AvgIpc) is 3.00. The molecule has 43 heavy (non-hydrogen) atoms. The van der Waals surface area contributed by atoms with Crippen LogP contribution in [0.3, 0.4) is 0 Å². The number of hydrogen-bond donors (Lipinski definition) is 1. The van der Waals surface area contributed by atoms with Crippen LogP contribution in [0.1, 0.15) is 44.7 Å². The summed E-state index contributed by atoms with van der Waals surface area (Å²) in [4.78, 5) is 29.0. The minimum atomic E-state index is -4.29. The lowest BCUT2D eigenvalue weighted by atomic mass is 10.1. The maximum atomic E-state index is 14.2. The molecule has 0 saturated carbocycles. The molecule has 0 aliphatic rings. The van der Waals surface area contributed by atoms with Gasteiger partial charge in [0.25, 0.3) is 10.0 Å². The molecule has 3 aromatic rings. The Morgan fingerprint density at radius 3 is 2.16 bits per heavy atom. The molecule has 0 radical (unpaired) electrons. The lowest BCUT2D eigenvalue weighted by Crippen LogP contribution is -2.53. The summed E-state index contributed by atoms with van der Waals surface area (Å²) >= 11 is 6.46. The van der Waals surface area contributed by atoms with Crippen LogP contribution in [-0.2, 0) is 26.2 Å². The third-order valence-electron chi connectivity index (χ3n) is 7.23. The molecule has 0 bridgehead atoms. The summed E-state index contributed by atoms with van der Waals surface area (Å²) in [6, 6.07) is 17.2. The van der Waals surface area contributed by atoms with Gasteiger partial charge in [-0.1, -0.05) is 61.3 Å². The van der Waals surface area contributed by atoms with Gasteiger partial charge in [0.2, 0.25) is 11.8 Å². The van der Waals surface area contributed by atoms with Gasteiger partial charge in [-0.15, -0.1) is 0 Å². The maximum absolute atomic E-state index is 14.2. The van der Waals surface area contributed by atoms with E-state index in [1.807, 2.05) is 27.7 Å². The van der Waals surface area contributed by atoms with E-state index in [0.717, 1.165) is 9.87 Å². The number of aryl methyl sites for hydroxylation is 1. The molecule has 0 fully saturated rings. The Bertz CT molecular complexity index is 1510. The van der Waals surface area contributed by atoms with E-state index in [0.29, 0.717) is 34.9 Å². The Morgan fingerprint density at radius 2 is 1.58 bits per heavy atom. The third-order valence-corrected chi connectivity index (χ3v) is 9.37. The van der Waals surface area contributed by atoms with Crippen LogP contribution >= 0.6 is 11.6 Å². The number of nitrogens with zero attached hydrogens (tertiary/aromatic N) is 2. The number of anilines is 1. The van der Waals surface area contributed by atoms with Crippen LogP contribution in [-0.4, -0.2) is 58.0 Å². The minimum absolute atomic E-state index is 0.0169. The van der Waals surface area contributed by atoms with Gasteiger partial charge in [0.05, 0.1) is 24.8 Å². The highest BCUT2D eigenvalue weighted by Crippen LogP contribution is 2.32. The van der Waals surface area contributed by atoms with Crippen molar-refractivity contribution in [3.63, 3.8) is 0 Å². The number of ether oxygens (including phenoxy) is 2. The summed E-state index contributed by atoms with van der Waals surface area (Å²) < 4.78 is 40.0. The third kappa shape index (κ3) is 8.20. The second-order valence-corrected chi connectivity index (χ2v) is 12.5. The molecule has 0 aliphatic heterocycles. The van der Waals surface area contributed by atoms with E-state index < -0.39 is 28.5 Å². The Balaban J connectivity index is 2.10. The van der Waals surface area contributed by atoms with Gasteiger partial charge in [0, 0.05) is 23.7 Å². The van der Waals surface area contributed by atoms with Crippen molar-refractivity contribution in [3.05, 3.63) is 82.9 Å². The van der Waals surface area contributed by atoms with Gasteiger partial charge in [-0.2, -0.15) is 0 Å². The monoisotopic (exact) mass is 629 g/mol. The summed E-state index contributed by atoms with van der Waals surface area (Å²) in [6.45, 7) is 7.00. The van der Waals surface area contributed by atoms with Gasteiger partial charge >= 0.3 is 0 Å². The first-order chi connectivity index (χ1) is 20.5. The zero-order chi connectivity index (χ0) is 31.7. The number of methoxy groups -OCH3 is 2. The van der Waals surface area contributed by atoms with Gasteiger partial charge in [0.1, 0.15) is 12.6 Å². The summed E-state index contributed by atoms with van der Waals surface area (Å²) in [5.74, 6) is -0.284. The predicted octanol–water partition coefficient (Wildman–Crippen LogP) is 5.58. The average molecular weight is 630 g/mol. The summed E-state index contributed by atoms with van der Waals surface area (Å²) in [5.41, 5.74) is 1.85. The van der Waals surface area contributed by atoms with Crippen LogP contribution in [0.15, 0.2) is 71.6 Å². The zero-order valence-electron chi connectivity index (χ0n) is 25.5. The van der Waals surface area contributed by atoms with E-state index in [1.165, 1.54) is 37.3 Å². The number of nitrogens with one attached hydrogen (secondary N) is 1. The van der Waals surface area contributed by atoms with Crippen molar-refractivity contribution in [1.29, 1.82) is 0 Å². The number of halogens is 1. The van der Waals surface area contributed by atoms with Gasteiger partial charge < -0.3 is 19.7 Å². The van der Waals surface area contributed by atoms with Crippen LogP contribution in [0.25, 0.3) is 0 Å². The summed E-state index contributed by atoms with van der Waals surface area (Å²) in [5, 5.41) is 3.40. The van der Waals surface area contributed by atoms with Crippen molar-refractivity contribution in [1.82, 2.24) is 10.2 Å². The summed E-state index contributed by atoms with van der Waals surface area (Å²) in [7, 11) is -1.42. The molecule has 0 saturated heterocycles. The number of carbonyl (C=O) groups excluding carboxylic acids is 2. The van der Waals surface area contributed by atoms with Crippen molar-refractivity contribution in [2.24, 2.45) is 0 Å². The predicted molar refractivity (Wildman–Crippen MR) is 169 cm³/mol. The van der Waals surface area contributed by atoms with Crippen molar-refractivity contribution >= 4 is 39.1 Å². The smallest absolute Gasteiger partial charge is 0.264 e. The molecular formula is C32H40ClN3O6S. The molecule has 0 aromatic heterocycles. The number of benzene rings is 3. The molecular weight excluding hydrogens is 590 g/mol. The van der Waals surface area contributed by atoms with E-state index in [-0.39, 0.29) is 29.1 Å². The SMILES string of the molecule is CC[C@@H](C)NC(=O)[C@@H](CC)N(Cc1ccccc1Cl)C(=O)CN(c1ccc(C)cc1)S(=O)(=O)c1ccc(OC)c(OC)c1. The quantitative estimate of drug-likeness (QED) is 0.250. The number of rotatable bonds is 14. The molecule has 11 heteroatoms. The Labute approximate surface area is 259 Å². The molecule has 0 unspecified atom stereocenters. The number of amides is 2. The fourth-order valence-electron chi connectivity index (χ4n) is 4.51. The highest BCUT2D eigenvalue weighted by molar-refractivity contribution is 7.92. The van der Waals surface area contributed by atoms with E-state index >= 15 is 0 Å². The zero-order valence-corrected chi connectivity index (χ0v) is 27.0. The topological polar surface area (TPSA) is 105 Å². The molecule has 2 amide bonds. The van der Waals surface area contributed by atoms with Gasteiger partial charge in [0.15, 0.2) is 11.5 Å². The molecule has 2 atom stereocenters. The van der Waals surface area contributed by atoms with Gasteiger partial charge in [-0.3, -0.25) is 13.9 Å². The fourth-order valence-corrected chi connectivity index (χ4v) is 6.14. The second-order valence-electron chi connectivity index (χ2n) is 10.2. The van der Waals surface area contributed by atoms with Crippen molar-refractivity contribution in [3.8, 4) is 11.5 Å². The van der Waals surface area contributed by atoms with Crippen molar-refractivity contribution in [2.45, 2.75) is 64.1 Å². The van der Waals surface area contributed by atoms with Crippen LogP contribution in [0, 0.1) is 6.92 Å². The largest absolute Gasteiger partial charge is 0.493 e. The van der Waals surface area contributed by atoms with Crippen LogP contribution in [0.2, 0.25) is 5.02 Å². The molecule has 1 N–H and O–H groups in total. The number of hydrogen-bond acceptors (Lipinski definition) is 6. The number of carbonyl (C=O) groups is 2. The highest BCUT2D eigenvalue weighted by atomic mass is 35.5. The van der Waals surface area contributed by atoms with E-state index in [9.17, 15) is 18.0 Å².